The molecule has 2 aliphatic heterocycles. The number of hydrogen-bond acceptors (Lipinski definition) is 4. The van der Waals surface area contributed by atoms with Crippen molar-refractivity contribution in [1.82, 2.24) is 14.8 Å². The molecule has 2 unspecified atom stereocenters. The highest BCUT2D eigenvalue weighted by Crippen LogP contribution is 2.37. The highest BCUT2D eigenvalue weighted by Gasteiger charge is 2.37. The average Bonchev–Trinajstić information content (AvgIpc) is 3.34. The van der Waals surface area contributed by atoms with Crippen molar-refractivity contribution < 1.29 is 9.59 Å². The number of rotatable bonds is 3. The molecular formula is C25H37N3O2S. The van der Waals surface area contributed by atoms with Crippen molar-refractivity contribution in [1.29, 1.82) is 0 Å². The molecule has 0 bridgehead atoms. The van der Waals surface area contributed by atoms with Crippen LogP contribution in [0, 0.1) is 11.8 Å². The SMILES string of the molecule is O=C(C1CCCCC1)N1CCC(c2nc(C(=O)N3CCCC4CCCCC43)cs2)CC1. The molecule has 2 saturated heterocycles. The second-order valence-corrected chi connectivity index (χ2v) is 11.1. The molecule has 1 aromatic heterocycles. The number of fused-ring (bicyclic) bond motifs is 1. The number of thiazole rings is 1. The first-order valence-electron chi connectivity index (χ1n) is 12.8. The topological polar surface area (TPSA) is 53.5 Å². The Labute approximate surface area is 190 Å². The van der Waals surface area contributed by atoms with Gasteiger partial charge in [0.25, 0.3) is 5.91 Å². The lowest BCUT2D eigenvalue weighted by Crippen LogP contribution is -2.49. The minimum absolute atomic E-state index is 0.156. The zero-order valence-electron chi connectivity index (χ0n) is 18.8. The summed E-state index contributed by atoms with van der Waals surface area (Å²) in [5.41, 5.74) is 0.659. The van der Waals surface area contributed by atoms with Gasteiger partial charge in [0.2, 0.25) is 5.91 Å². The minimum Gasteiger partial charge on any atom is -0.342 e. The van der Waals surface area contributed by atoms with E-state index < -0.39 is 0 Å². The van der Waals surface area contributed by atoms with Crippen molar-refractivity contribution in [2.45, 2.75) is 95.4 Å². The fraction of sp³-hybridized carbons (Fsp3) is 0.800. The Kier molecular flexibility index (Phi) is 6.63. The second kappa shape index (κ2) is 9.60. The average molecular weight is 444 g/mol. The largest absolute Gasteiger partial charge is 0.342 e. The number of likely N-dealkylation sites (tertiary alicyclic amines) is 2. The van der Waals surface area contributed by atoms with Crippen LogP contribution >= 0.6 is 11.3 Å². The van der Waals surface area contributed by atoms with E-state index in [1.165, 1.54) is 51.4 Å². The van der Waals surface area contributed by atoms with E-state index in [4.69, 9.17) is 4.98 Å². The third kappa shape index (κ3) is 4.55. The van der Waals surface area contributed by atoms with Crippen LogP contribution in [0.4, 0.5) is 0 Å². The molecule has 2 saturated carbocycles. The van der Waals surface area contributed by atoms with Crippen molar-refractivity contribution in [3.8, 4) is 0 Å². The Balaban J connectivity index is 1.18. The highest BCUT2D eigenvalue weighted by atomic mass is 32.1. The Morgan fingerprint density at radius 3 is 2.35 bits per heavy atom. The van der Waals surface area contributed by atoms with E-state index in [0.29, 0.717) is 29.5 Å². The standard InChI is InChI=1S/C25H37N3O2S/c29-24(20-8-2-1-3-9-20)27-15-12-19(13-16-27)23-26-21(17-31-23)25(30)28-14-6-10-18-7-4-5-11-22(18)28/h17-20,22H,1-16H2. The molecule has 1 aromatic rings. The van der Waals surface area contributed by atoms with Gasteiger partial charge in [-0.05, 0) is 57.3 Å². The molecule has 0 N–H and O–H groups in total. The lowest BCUT2D eigenvalue weighted by atomic mass is 9.78. The summed E-state index contributed by atoms with van der Waals surface area (Å²) in [7, 11) is 0. The van der Waals surface area contributed by atoms with Crippen LogP contribution in [0.1, 0.15) is 105 Å². The van der Waals surface area contributed by atoms with Crippen molar-refractivity contribution in [2.75, 3.05) is 19.6 Å². The van der Waals surface area contributed by atoms with E-state index in [1.54, 1.807) is 11.3 Å². The molecule has 0 radical (unpaired) electrons. The molecule has 31 heavy (non-hydrogen) atoms. The van der Waals surface area contributed by atoms with Crippen LogP contribution < -0.4 is 0 Å². The predicted octanol–water partition coefficient (Wildman–Crippen LogP) is 5.22. The van der Waals surface area contributed by atoms with Crippen molar-refractivity contribution in [2.24, 2.45) is 11.8 Å². The summed E-state index contributed by atoms with van der Waals surface area (Å²) in [4.78, 5) is 35.2. The Morgan fingerprint density at radius 1 is 0.839 bits per heavy atom. The molecule has 2 aliphatic carbocycles. The van der Waals surface area contributed by atoms with Crippen LogP contribution in [0.3, 0.4) is 0 Å². The first-order valence-corrected chi connectivity index (χ1v) is 13.6. The second-order valence-electron chi connectivity index (χ2n) is 10.3. The summed E-state index contributed by atoms with van der Waals surface area (Å²) < 4.78 is 0. The van der Waals surface area contributed by atoms with E-state index in [-0.39, 0.29) is 11.8 Å². The first-order chi connectivity index (χ1) is 15.2. The van der Waals surface area contributed by atoms with Crippen LogP contribution in [0.5, 0.6) is 0 Å². The molecule has 4 fully saturated rings. The molecule has 2 atom stereocenters. The van der Waals surface area contributed by atoms with E-state index >= 15 is 0 Å². The molecule has 0 spiro atoms. The molecule has 5 rings (SSSR count). The van der Waals surface area contributed by atoms with E-state index in [2.05, 4.69) is 9.80 Å². The van der Waals surface area contributed by atoms with Crippen LogP contribution in [0.2, 0.25) is 0 Å². The Morgan fingerprint density at radius 2 is 1.55 bits per heavy atom. The van der Waals surface area contributed by atoms with Crippen LogP contribution in [-0.2, 0) is 4.79 Å². The third-order valence-corrected chi connectivity index (χ3v) is 9.36. The van der Waals surface area contributed by atoms with Gasteiger partial charge in [0.05, 0.1) is 5.01 Å². The van der Waals surface area contributed by atoms with E-state index in [9.17, 15) is 9.59 Å². The smallest absolute Gasteiger partial charge is 0.273 e. The lowest BCUT2D eigenvalue weighted by Gasteiger charge is -2.43. The van der Waals surface area contributed by atoms with Crippen LogP contribution in [-0.4, -0.2) is 52.3 Å². The number of amides is 2. The van der Waals surface area contributed by atoms with Gasteiger partial charge in [-0.1, -0.05) is 32.1 Å². The quantitative estimate of drug-likeness (QED) is 0.643. The Hall–Kier alpha value is -1.43. The number of hydrogen-bond donors (Lipinski definition) is 0. The van der Waals surface area contributed by atoms with Crippen LogP contribution in [0.25, 0.3) is 0 Å². The summed E-state index contributed by atoms with van der Waals surface area (Å²) in [6.07, 6.45) is 15.3. The van der Waals surface area contributed by atoms with Gasteiger partial charge in [0.15, 0.2) is 0 Å². The molecular weight excluding hydrogens is 406 g/mol. The van der Waals surface area contributed by atoms with Gasteiger partial charge in [-0.3, -0.25) is 9.59 Å². The van der Waals surface area contributed by atoms with Crippen molar-refractivity contribution in [3.05, 3.63) is 16.1 Å². The van der Waals surface area contributed by atoms with Crippen molar-refractivity contribution in [3.63, 3.8) is 0 Å². The van der Waals surface area contributed by atoms with Gasteiger partial charge < -0.3 is 9.80 Å². The van der Waals surface area contributed by atoms with Gasteiger partial charge in [-0.25, -0.2) is 4.98 Å². The number of nitrogens with zero attached hydrogens (tertiary/aromatic N) is 3. The highest BCUT2D eigenvalue weighted by molar-refractivity contribution is 7.09. The zero-order chi connectivity index (χ0) is 21.2. The fourth-order valence-corrected chi connectivity index (χ4v) is 7.52. The maximum atomic E-state index is 13.3. The molecule has 6 heteroatoms. The predicted molar refractivity (Wildman–Crippen MR) is 123 cm³/mol. The normalized spacial score (nSPS) is 28.4. The zero-order valence-corrected chi connectivity index (χ0v) is 19.6. The van der Waals surface area contributed by atoms with Gasteiger partial charge >= 0.3 is 0 Å². The summed E-state index contributed by atoms with van der Waals surface area (Å²) >= 11 is 1.65. The molecule has 3 heterocycles. The molecule has 2 amide bonds. The summed E-state index contributed by atoms with van der Waals surface area (Å²) in [6.45, 7) is 2.59. The van der Waals surface area contributed by atoms with Gasteiger partial charge in [-0.2, -0.15) is 0 Å². The summed E-state index contributed by atoms with van der Waals surface area (Å²) in [5.74, 6) is 1.91. The number of carbonyl (C=O) groups excluding carboxylic acids is 2. The van der Waals surface area contributed by atoms with Gasteiger partial charge in [0.1, 0.15) is 5.69 Å². The van der Waals surface area contributed by atoms with Gasteiger partial charge in [-0.15, -0.1) is 11.3 Å². The number of carbonyl (C=O) groups is 2. The maximum absolute atomic E-state index is 13.3. The number of piperidine rings is 2. The van der Waals surface area contributed by atoms with Crippen LogP contribution in [0.15, 0.2) is 5.38 Å². The molecule has 4 aliphatic rings. The summed E-state index contributed by atoms with van der Waals surface area (Å²) in [6, 6.07) is 0.439. The third-order valence-electron chi connectivity index (χ3n) is 8.36. The molecule has 170 valence electrons. The monoisotopic (exact) mass is 443 g/mol. The summed E-state index contributed by atoms with van der Waals surface area (Å²) in [5, 5.41) is 3.09. The van der Waals surface area contributed by atoms with E-state index in [0.717, 1.165) is 56.7 Å². The Bertz CT molecular complexity index is 777. The molecule has 0 aromatic carbocycles. The fourth-order valence-electron chi connectivity index (χ4n) is 6.55. The minimum atomic E-state index is 0.156. The van der Waals surface area contributed by atoms with Crippen molar-refractivity contribution >= 4 is 23.2 Å². The lowest BCUT2D eigenvalue weighted by molar-refractivity contribution is -0.137. The molecule has 5 nitrogen and oxygen atoms in total. The maximum Gasteiger partial charge on any atom is 0.273 e. The first kappa shape index (κ1) is 21.4. The van der Waals surface area contributed by atoms with Gasteiger partial charge in [0, 0.05) is 42.9 Å². The van der Waals surface area contributed by atoms with E-state index in [1.807, 2.05) is 5.38 Å². The number of aromatic nitrogens is 1.